The molecule has 6 rings (SSSR count). The van der Waals surface area contributed by atoms with E-state index in [-0.39, 0.29) is 36.0 Å². The summed E-state index contributed by atoms with van der Waals surface area (Å²) >= 11 is 1.47. The highest BCUT2D eigenvalue weighted by Crippen LogP contribution is 2.38. The number of amides is 2. The van der Waals surface area contributed by atoms with E-state index >= 15 is 4.39 Å². The van der Waals surface area contributed by atoms with E-state index in [1.807, 2.05) is 12.1 Å². The highest BCUT2D eigenvalue weighted by Gasteiger charge is 2.35. The molecule has 3 aliphatic heterocycles. The third kappa shape index (κ3) is 4.90. The molecular weight excluding hydrogens is 523 g/mol. The summed E-state index contributed by atoms with van der Waals surface area (Å²) in [7, 11) is 0. The molecule has 1 fully saturated rings. The fourth-order valence-corrected chi connectivity index (χ4v) is 6.59. The molecule has 0 aliphatic carbocycles. The number of hydrogen-bond acceptors (Lipinski definition) is 7. The average molecular weight is 553 g/mol. The number of aliphatic hydroxyl groups is 1. The zero-order valence-corrected chi connectivity index (χ0v) is 22.1. The normalized spacial score (nSPS) is 20.0. The first-order chi connectivity index (χ1) is 18.9. The van der Waals surface area contributed by atoms with Crippen molar-refractivity contribution < 1.29 is 23.8 Å². The molecule has 1 aromatic heterocycles. The lowest BCUT2D eigenvalue weighted by atomic mass is 10.0. The lowest BCUT2D eigenvalue weighted by Gasteiger charge is -2.29. The van der Waals surface area contributed by atoms with Crippen molar-refractivity contribution in [1.29, 1.82) is 0 Å². The number of thioether (sulfide) groups is 1. The number of nitrogens with one attached hydrogen (secondary N) is 1. The quantitative estimate of drug-likeness (QED) is 0.417. The van der Waals surface area contributed by atoms with Crippen LogP contribution in [0.2, 0.25) is 0 Å². The van der Waals surface area contributed by atoms with Crippen LogP contribution >= 0.6 is 11.8 Å². The Morgan fingerprint density at radius 2 is 1.90 bits per heavy atom. The van der Waals surface area contributed by atoms with Gasteiger partial charge in [0.15, 0.2) is 0 Å². The number of aliphatic hydroxyl groups excluding tert-OH is 1. The first kappa shape index (κ1) is 25.8. The minimum atomic E-state index is -0.425. The van der Waals surface area contributed by atoms with Crippen LogP contribution in [-0.4, -0.2) is 64.7 Å². The largest absolute Gasteiger partial charge is 0.444 e. The molecule has 0 saturated carbocycles. The maximum atomic E-state index is 15.1. The fraction of sp³-hybridized carbons (Fsp3) is 0.393. The van der Waals surface area contributed by atoms with Crippen LogP contribution in [0, 0.1) is 5.82 Å². The van der Waals surface area contributed by atoms with Gasteiger partial charge in [-0.05, 0) is 67.6 Å². The molecular formula is C28H29FN4O5S. The lowest BCUT2D eigenvalue weighted by molar-refractivity contribution is -0.113. The van der Waals surface area contributed by atoms with Gasteiger partial charge < -0.3 is 19.7 Å². The molecule has 2 atom stereocenters. The number of nitrogens with zero attached hydrogens (tertiary/aromatic N) is 3. The Balaban J connectivity index is 1.13. The second-order valence-electron chi connectivity index (χ2n) is 10.1. The molecule has 2 aromatic carbocycles. The van der Waals surface area contributed by atoms with E-state index < -0.39 is 6.09 Å². The van der Waals surface area contributed by atoms with Gasteiger partial charge in [-0.25, -0.2) is 9.18 Å². The molecule has 4 heterocycles. The Bertz CT molecular complexity index is 1510. The van der Waals surface area contributed by atoms with Crippen molar-refractivity contribution >= 4 is 46.0 Å². The molecule has 39 heavy (non-hydrogen) atoms. The number of benzene rings is 2. The lowest BCUT2D eigenvalue weighted by Crippen LogP contribution is -2.33. The molecule has 0 spiro atoms. The summed E-state index contributed by atoms with van der Waals surface area (Å²) in [5.74, 6) is -0.0250. The van der Waals surface area contributed by atoms with Crippen molar-refractivity contribution in [3.63, 3.8) is 0 Å². The van der Waals surface area contributed by atoms with E-state index in [0.717, 1.165) is 10.3 Å². The number of ether oxygens (including phenoxy) is 1. The Labute approximate surface area is 228 Å². The molecule has 2 amide bonds. The predicted octanol–water partition coefficient (Wildman–Crippen LogP) is 3.73. The predicted molar refractivity (Wildman–Crippen MR) is 147 cm³/mol. The number of anilines is 2. The van der Waals surface area contributed by atoms with Gasteiger partial charge in [-0.15, -0.1) is 11.8 Å². The van der Waals surface area contributed by atoms with Crippen LogP contribution < -0.4 is 15.8 Å². The van der Waals surface area contributed by atoms with Crippen LogP contribution in [0.5, 0.6) is 0 Å². The minimum absolute atomic E-state index is 0.0116. The van der Waals surface area contributed by atoms with E-state index in [1.54, 1.807) is 27.7 Å². The summed E-state index contributed by atoms with van der Waals surface area (Å²) in [6.07, 6.45) is 1.10. The van der Waals surface area contributed by atoms with Gasteiger partial charge in [0.25, 0.3) is 5.56 Å². The smallest absolute Gasteiger partial charge is 0.414 e. The summed E-state index contributed by atoms with van der Waals surface area (Å²) < 4.78 is 22.4. The topological polar surface area (TPSA) is 104 Å². The monoisotopic (exact) mass is 552 g/mol. The van der Waals surface area contributed by atoms with Crippen LogP contribution in [0.25, 0.3) is 10.9 Å². The number of carbonyl (C=O) groups is 2. The summed E-state index contributed by atoms with van der Waals surface area (Å²) in [5.41, 5.74) is 2.38. The van der Waals surface area contributed by atoms with Crippen LogP contribution in [0.4, 0.5) is 20.6 Å². The molecule has 0 bridgehead atoms. The molecule has 2 N–H and O–H groups in total. The van der Waals surface area contributed by atoms with Gasteiger partial charge in [0.05, 0.1) is 29.5 Å². The first-order valence-electron chi connectivity index (χ1n) is 13.1. The highest BCUT2D eigenvalue weighted by atomic mass is 32.2. The second kappa shape index (κ2) is 10.6. The number of pyridine rings is 1. The van der Waals surface area contributed by atoms with Gasteiger partial charge in [0, 0.05) is 41.9 Å². The van der Waals surface area contributed by atoms with Crippen LogP contribution in [0.1, 0.15) is 30.9 Å². The molecule has 0 unspecified atom stereocenters. The SMILES string of the molecule is O=C1CSc2ccc(N3C[C@@H](CCCN(CCCO)[C@H]4Cn5c(=O)ccc6ccc(F)c4c65)OC3=O)cc2N1. The number of cyclic esters (lactones) is 1. The van der Waals surface area contributed by atoms with Crippen LogP contribution in [0.3, 0.4) is 0 Å². The summed E-state index contributed by atoms with van der Waals surface area (Å²) in [6, 6.07) is 11.6. The number of rotatable bonds is 9. The molecule has 0 radical (unpaired) electrons. The van der Waals surface area contributed by atoms with E-state index in [2.05, 4.69) is 10.2 Å². The number of halogens is 1. The van der Waals surface area contributed by atoms with Gasteiger partial charge in [-0.3, -0.25) is 19.4 Å². The van der Waals surface area contributed by atoms with Crippen molar-refractivity contribution in [2.45, 2.75) is 42.8 Å². The third-order valence-electron chi connectivity index (χ3n) is 7.62. The van der Waals surface area contributed by atoms with E-state index in [1.165, 1.54) is 23.9 Å². The average Bonchev–Trinajstić information content (AvgIpc) is 3.51. The zero-order valence-electron chi connectivity index (χ0n) is 21.3. The molecule has 1 saturated heterocycles. The van der Waals surface area contributed by atoms with Gasteiger partial charge in [0.2, 0.25) is 5.91 Å². The summed E-state index contributed by atoms with van der Waals surface area (Å²) in [5, 5.41) is 13.2. The van der Waals surface area contributed by atoms with Crippen molar-refractivity contribution in [3.05, 3.63) is 64.2 Å². The Hall–Kier alpha value is -3.41. The molecule has 3 aliphatic rings. The number of hydrogen-bond donors (Lipinski definition) is 2. The van der Waals surface area contributed by atoms with Gasteiger partial charge in [-0.1, -0.05) is 0 Å². The van der Waals surface area contributed by atoms with E-state index in [4.69, 9.17) is 4.74 Å². The zero-order chi connectivity index (χ0) is 27.1. The Kier molecular flexibility index (Phi) is 7.05. The van der Waals surface area contributed by atoms with Crippen molar-refractivity contribution in [1.82, 2.24) is 9.47 Å². The van der Waals surface area contributed by atoms with Gasteiger partial charge in [0.1, 0.15) is 11.9 Å². The Morgan fingerprint density at radius 1 is 1.08 bits per heavy atom. The van der Waals surface area contributed by atoms with Crippen molar-refractivity contribution in [2.24, 2.45) is 0 Å². The first-order valence-corrected chi connectivity index (χ1v) is 14.1. The molecule has 9 nitrogen and oxygen atoms in total. The molecule has 204 valence electrons. The molecule has 11 heteroatoms. The van der Waals surface area contributed by atoms with Crippen molar-refractivity contribution in [3.8, 4) is 0 Å². The second-order valence-corrected chi connectivity index (χ2v) is 11.1. The van der Waals surface area contributed by atoms with Gasteiger partial charge >= 0.3 is 6.09 Å². The van der Waals surface area contributed by atoms with Gasteiger partial charge in [-0.2, -0.15) is 0 Å². The minimum Gasteiger partial charge on any atom is -0.444 e. The molecule has 3 aromatic rings. The summed E-state index contributed by atoms with van der Waals surface area (Å²) in [4.78, 5) is 41.7. The number of fused-ring (bicyclic) bond motifs is 1. The Morgan fingerprint density at radius 3 is 2.74 bits per heavy atom. The summed E-state index contributed by atoms with van der Waals surface area (Å²) in [6.45, 7) is 1.91. The van der Waals surface area contributed by atoms with Crippen molar-refractivity contribution in [2.75, 3.05) is 42.2 Å². The van der Waals surface area contributed by atoms with Crippen LogP contribution in [0.15, 0.2) is 52.2 Å². The maximum Gasteiger partial charge on any atom is 0.414 e. The van der Waals surface area contributed by atoms with Crippen LogP contribution in [-0.2, 0) is 16.1 Å². The van der Waals surface area contributed by atoms with E-state index in [0.29, 0.717) is 73.6 Å². The fourth-order valence-electron chi connectivity index (χ4n) is 5.80. The van der Waals surface area contributed by atoms with E-state index in [9.17, 15) is 19.5 Å². The number of aromatic nitrogens is 1. The maximum absolute atomic E-state index is 15.1. The highest BCUT2D eigenvalue weighted by molar-refractivity contribution is 8.00. The third-order valence-corrected chi connectivity index (χ3v) is 8.70. The standard InChI is InChI=1S/C28H29FN4O5S/c29-20-7-4-17-5-9-25(36)33-15-22(26(20)27(17)33)31(11-2-12-34)10-1-3-19-14-32(28(37)38-19)18-6-8-23-21(13-18)30-24(35)16-39-23/h4-9,13,19,22,34H,1-3,10-12,14-16H2,(H,30,35)/t19-,22+/m1/s1. The number of carbonyl (C=O) groups excluding carboxylic acids is 2.